The van der Waals surface area contributed by atoms with Crippen molar-refractivity contribution in [2.24, 2.45) is 11.7 Å². The van der Waals surface area contributed by atoms with E-state index in [2.05, 4.69) is 5.32 Å². The molecule has 0 heterocycles. The van der Waals surface area contributed by atoms with Crippen molar-refractivity contribution in [2.45, 2.75) is 33.7 Å². The second-order valence-corrected chi connectivity index (χ2v) is 5.11. The van der Waals surface area contributed by atoms with Gasteiger partial charge in [-0.3, -0.25) is 4.79 Å². The molecule has 0 fully saturated rings. The maximum atomic E-state index is 11.9. The molecule has 1 aromatic rings. The number of rotatable bonds is 3. The van der Waals surface area contributed by atoms with E-state index >= 15 is 0 Å². The van der Waals surface area contributed by atoms with Gasteiger partial charge in [-0.1, -0.05) is 25.4 Å². The molecule has 0 radical (unpaired) electrons. The fourth-order valence-electron chi connectivity index (χ4n) is 1.62. The summed E-state index contributed by atoms with van der Waals surface area (Å²) in [6, 6.07) is 3.15. The summed E-state index contributed by atoms with van der Waals surface area (Å²) < 4.78 is 0. The fraction of sp³-hybridized carbons (Fsp3) is 0.462. The normalized spacial score (nSPS) is 12.6. The van der Waals surface area contributed by atoms with Gasteiger partial charge in [0.05, 0.1) is 6.04 Å². The van der Waals surface area contributed by atoms with Crippen molar-refractivity contribution >= 4 is 23.2 Å². The zero-order valence-corrected chi connectivity index (χ0v) is 11.4. The van der Waals surface area contributed by atoms with Crippen LogP contribution in [0, 0.1) is 19.8 Å². The van der Waals surface area contributed by atoms with Crippen molar-refractivity contribution in [3.63, 3.8) is 0 Å². The maximum absolute atomic E-state index is 11.9. The smallest absolute Gasteiger partial charge is 0.241 e. The molecule has 0 aromatic heterocycles. The molecule has 0 bridgehead atoms. The Balaban J connectivity index is 2.93. The van der Waals surface area contributed by atoms with E-state index in [0.717, 1.165) is 16.8 Å². The van der Waals surface area contributed by atoms with Crippen LogP contribution in [-0.4, -0.2) is 11.9 Å². The van der Waals surface area contributed by atoms with Gasteiger partial charge in [-0.05, 0) is 43.0 Å². The lowest BCUT2D eigenvalue weighted by Crippen LogP contribution is -2.40. The van der Waals surface area contributed by atoms with Crippen LogP contribution in [0.2, 0.25) is 5.02 Å². The van der Waals surface area contributed by atoms with Crippen molar-refractivity contribution in [1.82, 2.24) is 0 Å². The molecule has 3 N–H and O–H groups in total. The Morgan fingerprint density at radius 3 is 2.18 bits per heavy atom. The SMILES string of the molecule is Cc1cc(Cl)cc(C)c1NC(=O)[C@@H](N)C(C)C. The number of aryl methyl sites for hydroxylation is 2. The zero-order chi connectivity index (χ0) is 13.2. The number of hydrogen-bond acceptors (Lipinski definition) is 2. The maximum Gasteiger partial charge on any atom is 0.241 e. The molecule has 4 heteroatoms. The topological polar surface area (TPSA) is 55.1 Å². The van der Waals surface area contributed by atoms with Crippen LogP contribution in [0.25, 0.3) is 0 Å². The molecule has 0 unspecified atom stereocenters. The number of benzene rings is 1. The first kappa shape index (κ1) is 14.0. The third kappa shape index (κ3) is 3.45. The highest BCUT2D eigenvalue weighted by Crippen LogP contribution is 2.25. The van der Waals surface area contributed by atoms with Gasteiger partial charge in [-0.25, -0.2) is 0 Å². The summed E-state index contributed by atoms with van der Waals surface area (Å²) in [6.07, 6.45) is 0. The molecule has 0 saturated carbocycles. The van der Waals surface area contributed by atoms with Crippen LogP contribution in [0.1, 0.15) is 25.0 Å². The van der Waals surface area contributed by atoms with Crippen LogP contribution in [-0.2, 0) is 4.79 Å². The minimum absolute atomic E-state index is 0.114. The van der Waals surface area contributed by atoms with E-state index in [1.54, 1.807) is 0 Å². The first-order valence-corrected chi connectivity index (χ1v) is 6.04. The van der Waals surface area contributed by atoms with Gasteiger partial charge in [-0.2, -0.15) is 0 Å². The summed E-state index contributed by atoms with van der Waals surface area (Å²) >= 11 is 5.93. The summed E-state index contributed by atoms with van der Waals surface area (Å²) in [5.41, 5.74) is 8.49. The zero-order valence-electron chi connectivity index (χ0n) is 10.7. The molecule has 0 aliphatic heterocycles. The van der Waals surface area contributed by atoms with Crippen molar-refractivity contribution in [1.29, 1.82) is 0 Å². The summed E-state index contributed by atoms with van der Waals surface area (Å²) in [5, 5.41) is 3.54. The summed E-state index contributed by atoms with van der Waals surface area (Å²) in [5.74, 6) is -0.0450. The van der Waals surface area contributed by atoms with Crippen LogP contribution >= 0.6 is 11.6 Å². The van der Waals surface area contributed by atoms with E-state index in [0.29, 0.717) is 5.02 Å². The van der Waals surface area contributed by atoms with Gasteiger partial charge in [0.25, 0.3) is 0 Å². The first-order valence-electron chi connectivity index (χ1n) is 5.66. The second kappa shape index (κ2) is 5.52. The molecule has 1 rings (SSSR count). The Kier molecular flexibility index (Phi) is 4.54. The molecule has 3 nitrogen and oxygen atoms in total. The molecule has 0 aliphatic carbocycles. The minimum atomic E-state index is -0.496. The average molecular weight is 255 g/mol. The van der Waals surface area contributed by atoms with Gasteiger partial charge >= 0.3 is 0 Å². The molecule has 1 amide bonds. The van der Waals surface area contributed by atoms with Gasteiger partial charge in [0.1, 0.15) is 0 Å². The van der Waals surface area contributed by atoms with E-state index in [1.165, 1.54) is 0 Å². The van der Waals surface area contributed by atoms with Crippen molar-refractivity contribution in [3.8, 4) is 0 Å². The van der Waals surface area contributed by atoms with Gasteiger partial charge in [0.15, 0.2) is 0 Å². The largest absolute Gasteiger partial charge is 0.324 e. The number of hydrogen-bond donors (Lipinski definition) is 2. The number of anilines is 1. The second-order valence-electron chi connectivity index (χ2n) is 4.67. The van der Waals surface area contributed by atoms with E-state index < -0.39 is 6.04 Å². The van der Waals surface area contributed by atoms with Crippen molar-refractivity contribution in [2.75, 3.05) is 5.32 Å². The lowest BCUT2D eigenvalue weighted by molar-refractivity contribution is -0.118. The lowest BCUT2D eigenvalue weighted by atomic mass is 10.0. The van der Waals surface area contributed by atoms with Crippen LogP contribution in [0.15, 0.2) is 12.1 Å². The quantitative estimate of drug-likeness (QED) is 0.872. The van der Waals surface area contributed by atoms with E-state index in [-0.39, 0.29) is 11.8 Å². The van der Waals surface area contributed by atoms with Crippen molar-refractivity contribution in [3.05, 3.63) is 28.3 Å². The van der Waals surface area contributed by atoms with E-state index in [1.807, 2.05) is 39.8 Å². The van der Waals surface area contributed by atoms with E-state index in [9.17, 15) is 4.79 Å². The highest BCUT2D eigenvalue weighted by molar-refractivity contribution is 6.30. The van der Waals surface area contributed by atoms with Gasteiger partial charge in [0, 0.05) is 10.7 Å². The average Bonchev–Trinajstić information content (AvgIpc) is 2.21. The number of nitrogens with two attached hydrogens (primary N) is 1. The Morgan fingerprint density at radius 2 is 1.76 bits per heavy atom. The van der Waals surface area contributed by atoms with Crippen LogP contribution in [0.3, 0.4) is 0 Å². The molecule has 17 heavy (non-hydrogen) atoms. The molecule has 0 spiro atoms. The Hall–Kier alpha value is -1.06. The van der Waals surface area contributed by atoms with Crippen LogP contribution in [0.5, 0.6) is 0 Å². The molecular weight excluding hydrogens is 236 g/mol. The molecule has 94 valence electrons. The summed E-state index contributed by atoms with van der Waals surface area (Å²) in [6.45, 7) is 7.67. The third-order valence-corrected chi connectivity index (χ3v) is 2.98. The van der Waals surface area contributed by atoms with E-state index in [4.69, 9.17) is 17.3 Å². The minimum Gasteiger partial charge on any atom is -0.324 e. The molecule has 1 aromatic carbocycles. The molecule has 0 saturated heterocycles. The predicted molar refractivity (Wildman–Crippen MR) is 72.4 cm³/mol. The molecule has 1 atom stereocenters. The predicted octanol–water partition coefficient (Wildman–Crippen LogP) is 2.88. The highest BCUT2D eigenvalue weighted by atomic mass is 35.5. The van der Waals surface area contributed by atoms with Gasteiger partial charge in [-0.15, -0.1) is 0 Å². The first-order chi connectivity index (χ1) is 7.82. The van der Waals surface area contributed by atoms with Gasteiger partial charge in [0.2, 0.25) is 5.91 Å². The number of halogens is 1. The Bertz CT molecular complexity index is 406. The van der Waals surface area contributed by atoms with Gasteiger partial charge < -0.3 is 11.1 Å². The number of carbonyl (C=O) groups excluding carboxylic acids is 1. The van der Waals surface area contributed by atoms with Crippen LogP contribution < -0.4 is 11.1 Å². The summed E-state index contributed by atoms with van der Waals surface area (Å²) in [7, 11) is 0. The number of carbonyl (C=O) groups is 1. The Morgan fingerprint density at radius 1 is 1.29 bits per heavy atom. The molecular formula is C13H19ClN2O. The molecule has 0 aliphatic rings. The van der Waals surface area contributed by atoms with Crippen LogP contribution in [0.4, 0.5) is 5.69 Å². The number of nitrogens with one attached hydrogen (secondary N) is 1. The Labute approximate surface area is 107 Å². The monoisotopic (exact) mass is 254 g/mol. The fourth-order valence-corrected chi connectivity index (χ4v) is 1.94. The van der Waals surface area contributed by atoms with Crippen molar-refractivity contribution < 1.29 is 4.79 Å². The lowest BCUT2D eigenvalue weighted by Gasteiger charge is -2.18. The third-order valence-electron chi connectivity index (χ3n) is 2.77. The summed E-state index contributed by atoms with van der Waals surface area (Å²) in [4.78, 5) is 11.9. The standard InChI is InChI=1S/C13H19ClN2O/c1-7(2)11(15)13(17)16-12-8(3)5-10(14)6-9(12)4/h5-7,11H,15H2,1-4H3,(H,16,17)/t11-/m0/s1. The highest BCUT2D eigenvalue weighted by Gasteiger charge is 2.18. The number of amides is 1.